The third kappa shape index (κ3) is 2.91. The van der Waals surface area contributed by atoms with E-state index in [0.29, 0.717) is 0 Å². The fourth-order valence-electron chi connectivity index (χ4n) is 2.16. The summed E-state index contributed by atoms with van der Waals surface area (Å²) in [6, 6.07) is 7.70. The number of hydrogen-bond donors (Lipinski definition) is 2. The van der Waals surface area contributed by atoms with Gasteiger partial charge < -0.3 is 9.67 Å². The summed E-state index contributed by atoms with van der Waals surface area (Å²) in [5.41, 5.74) is 0.726. The molecule has 0 aliphatic carbocycles. The maximum atomic E-state index is 12.1. The monoisotopic (exact) mass is 337 g/mol. The minimum absolute atomic E-state index is 0.0580. The molecule has 2 heterocycles. The minimum atomic E-state index is -3.72. The number of thiophene rings is 1. The van der Waals surface area contributed by atoms with E-state index < -0.39 is 16.1 Å². The molecular formula is C14H15N3O3S2. The average molecular weight is 337 g/mol. The first-order chi connectivity index (χ1) is 10.5. The van der Waals surface area contributed by atoms with Crippen LogP contribution in [0.4, 0.5) is 0 Å². The molecule has 1 aromatic carbocycles. The van der Waals surface area contributed by atoms with Crippen LogP contribution < -0.4 is 4.72 Å². The molecule has 0 bridgehead atoms. The third-order valence-electron chi connectivity index (χ3n) is 3.29. The Morgan fingerprint density at radius 1 is 1.41 bits per heavy atom. The van der Waals surface area contributed by atoms with Crippen LogP contribution in [0.5, 0.6) is 0 Å². The van der Waals surface area contributed by atoms with E-state index in [1.165, 1.54) is 23.9 Å². The van der Waals surface area contributed by atoms with E-state index in [4.69, 9.17) is 0 Å². The summed E-state index contributed by atoms with van der Waals surface area (Å²) in [5, 5.41) is 13.0. The van der Waals surface area contributed by atoms with Crippen LogP contribution in [0.1, 0.15) is 11.7 Å². The second-order valence-corrected chi connectivity index (χ2v) is 7.56. The van der Waals surface area contributed by atoms with Crippen LogP contribution in [0.25, 0.3) is 10.1 Å². The number of aliphatic hydroxyl groups is 1. The molecule has 6 nitrogen and oxygen atoms in total. The van der Waals surface area contributed by atoms with Gasteiger partial charge in [-0.2, -0.15) is 0 Å². The van der Waals surface area contributed by atoms with Crippen LogP contribution in [0.15, 0.2) is 47.2 Å². The van der Waals surface area contributed by atoms with Gasteiger partial charge in [0.2, 0.25) is 0 Å². The number of aryl methyl sites for hydroxylation is 1. The lowest BCUT2D eigenvalue weighted by molar-refractivity contribution is 0.184. The summed E-state index contributed by atoms with van der Waals surface area (Å²) < 4.78 is 29.2. The zero-order valence-electron chi connectivity index (χ0n) is 11.8. The number of nitrogens with one attached hydrogen (secondary N) is 1. The SMILES string of the molecule is Cn1cnc(S(=O)(=O)NC[C@H](O)c2csc3ccccc23)c1. The van der Waals surface area contributed by atoms with Gasteiger partial charge in [-0.15, -0.1) is 11.3 Å². The van der Waals surface area contributed by atoms with E-state index in [2.05, 4.69) is 9.71 Å². The van der Waals surface area contributed by atoms with E-state index in [-0.39, 0.29) is 11.6 Å². The Morgan fingerprint density at radius 2 is 2.18 bits per heavy atom. The number of benzene rings is 1. The lowest BCUT2D eigenvalue weighted by Gasteiger charge is -2.11. The fraction of sp³-hybridized carbons (Fsp3) is 0.214. The van der Waals surface area contributed by atoms with E-state index in [9.17, 15) is 13.5 Å². The number of sulfonamides is 1. The fourth-order valence-corrected chi connectivity index (χ4v) is 4.18. The average Bonchev–Trinajstić information content (AvgIpc) is 3.11. The number of aromatic nitrogens is 2. The maximum Gasteiger partial charge on any atom is 0.259 e. The van der Waals surface area contributed by atoms with Crippen molar-refractivity contribution >= 4 is 31.4 Å². The second kappa shape index (κ2) is 5.81. The largest absolute Gasteiger partial charge is 0.387 e. The Kier molecular flexibility index (Phi) is 4.00. The summed E-state index contributed by atoms with van der Waals surface area (Å²) in [6.45, 7) is -0.0976. The lowest BCUT2D eigenvalue weighted by Crippen LogP contribution is -2.28. The van der Waals surface area contributed by atoms with Gasteiger partial charge in [-0.25, -0.2) is 18.1 Å². The van der Waals surface area contributed by atoms with Gasteiger partial charge in [-0.05, 0) is 16.8 Å². The van der Waals surface area contributed by atoms with Crippen LogP contribution in [-0.2, 0) is 17.1 Å². The highest BCUT2D eigenvalue weighted by Gasteiger charge is 2.20. The van der Waals surface area contributed by atoms with E-state index in [1.807, 2.05) is 29.6 Å². The predicted molar refractivity (Wildman–Crippen MR) is 85.2 cm³/mol. The molecule has 116 valence electrons. The van der Waals surface area contributed by atoms with Gasteiger partial charge in [0.1, 0.15) is 0 Å². The third-order valence-corrected chi connectivity index (χ3v) is 5.58. The molecule has 0 fully saturated rings. The Morgan fingerprint density at radius 3 is 2.91 bits per heavy atom. The van der Waals surface area contributed by atoms with Crippen LogP contribution in [0.2, 0.25) is 0 Å². The van der Waals surface area contributed by atoms with Crippen molar-refractivity contribution in [3.63, 3.8) is 0 Å². The molecule has 3 aromatic rings. The topological polar surface area (TPSA) is 84.2 Å². The predicted octanol–water partition coefficient (Wildman–Crippen LogP) is 1.65. The van der Waals surface area contributed by atoms with Crippen molar-refractivity contribution in [1.29, 1.82) is 0 Å². The Balaban J connectivity index is 1.76. The summed E-state index contributed by atoms with van der Waals surface area (Å²) in [4.78, 5) is 3.81. The zero-order valence-corrected chi connectivity index (χ0v) is 13.4. The van der Waals surface area contributed by atoms with E-state index >= 15 is 0 Å². The maximum absolute atomic E-state index is 12.1. The molecule has 0 amide bonds. The zero-order chi connectivity index (χ0) is 15.7. The number of nitrogens with zero attached hydrogens (tertiary/aromatic N) is 2. The van der Waals surface area contributed by atoms with E-state index in [0.717, 1.165) is 15.6 Å². The summed E-state index contributed by atoms with van der Waals surface area (Å²) >= 11 is 1.52. The Hall–Kier alpha value is -1.74. The molecule has 0 saturated heterocycles. The Bertz CT molecular complexity index is 899. The number of hydrogen-bond acceptors (Lipinski definition) is 5. The molecule has 0 saturated carbocycles. The molecule has 0 spiro atoms. The van der Waals surface area contributed by atoms with Gasteiger partial charge in [0.25, 0.3) is 10.0 Å². The summed E-state index contributed by atoms with van der Waals surface area (Å²) in [5.74, 6) is 0. The number of imidazole rings is 1. The van der Waals surface area contributed by atoms with Crippen LogP contribution >= 0.6 is 11.3 Å². The summed E-state index contributed by atoms with van der Waals surface area (Å²) in [6.07, 6.45) is 1.92. The van der Waals surface area contributed by atoms with Crippen molar-refractivity contribution in [2.75, 3.05) is 6.54 Å². The van der Waals surface area contributed by atoms with Crippen molar-refractivity contribution < 1.29 is 13.5 Å². The first kappa shape index (κ1) is 15.2. The van der Waals surface area contributed by atoms with Crippen molar-refractivity contribution in [1.82, 2.24) is 14.3 Å². The van der Waals surface area contributed by atoms with Crippen LogP contribution in [0.3, 0.4) is 0 Å². The Labute approximate surface area is 132 Å². The van der Waals surface area contributed by atoms with Gasteiger partial charge in [-0.3, -0.25) is 0 Å². The number of aliphatic hydroxyl groups excluding tert-OH is 1. The lowest BCUT2D eigenvalue weighted by atomic mass is 10.1. The normalized spacial score (nSPS) is 13.5. The highest BCUT2D eigenvalue weighted by atomic mass is 32.2. The molecule has 3 rings (SSSR count). The van der Waals surface area contributed by atoms with E-state index in [1.54, 1.807) is 11.6 Å². The molecule has 8 heteroatoms. The molecule has 2 aromatic heterocycles. The summed E-state index contributed by atoms with van der Waals surface area (Å²) in [7, 11) is -2.02. The van der Waals surface area contributed by atoms with Crippen molar-refractivity contribution in [2.45, 2.75) is 11.1 Å². The molecule has 22 heavy (non-hydrogen) atoms. The van der Waals surface area contributed by atoms with Crippen molar-refractivity contribution in [2.24, 2.45) is 7.05 Å². The molecule has 0 aliphatic rings. The van der Waals surface area contributed by atoms with Crippen LogP contribution in [0, 0.1) is 0 Å². The van der Waals surface area contributed by atoms with Gasteiger partial charge in [0.15, 0.2) is 5.03 Å². The van der Waals surface area contributed by atoms with Gasteiger partial charge >= 0.3 is 0 Å². The molecule has 1 atom stereocenters. The van der Waals surface area contributed by atoms with Gasteiger partial charge in [0.05, 0.1) is 12.4 Å². The number of fused-ring (bicyclic) bond motifs is 1. The molecule has 0 aliphatic heterocycles. The molecule has 0 radical (unpaired) electrons. The standard InChI is InChI=1S/C14H15N3O3S2/c1-17-7-14(15-9-17)22(19,20)16-6-12(18)11-8-21-13-5-3-2-4-10(11)13/h2-5,7-9,12,16,18H,6H2,1H3/t12-/m0/s1. The number of rotatable bonds is 5. The van der Waals surface area contributed by atoms with Crippen molar-refractivity contribution in [3.05, 3.63) is 47.7 Å². The minimum Gasteiger partial charge on any atom is -0.387 e. The highest BCUT2D eigenvalue weighted by molar-refractivity contribution is 7.89. The van der Waals surface area contributed by atoms with Gasteiger partial charge in [-0.1, -0.05) is 18.2 Å². The van der Waals surface area contributed by atoms with Crippen molar-refractivity contribution in [3.8, 4) is 0 Å². The molecule has 0 unspecified atom stereocenters. The first-order valence-corrected chi connectivity index (χ1v) is 8.95. The first-order valence-electron chi connectivity index (χ1n) is 6.59. The molecule has 2 N–H and O–H groups in total. The van der Waals surface area contributed by atoms with Crippen LogP contribution in [-0.4, -0.2) is 29.6 Å². The second-order valence-electron chi connectivity index (χ2n) is 4.93. The highest BCUT2D eigenvalue weighted by Crippen LogP contribution is 2.30. The molecular weight excluding hydrogens is 322 g/mol. The smallest absolute Gasteiger partial charge is 0.259 e. The quantitative estimate of drug-likeness (QED) is 0.741. The van der Waals surface area contributed by atoms with Gasteiger partial charge in [0, 0.05) is 30.1 Å².